The third-order valence-corrected chi connectivity index (χ3v) is 11.3. The molecule has 0 saturated heterocycles. The van der Waals surface area contributed by atoms with Crippen LogP contribution in [0.15, 0.2) is 121 Å². The van der Waals surface area contributed by atoms with Crippen LogP contribution in [0.4, 0.5) is 0 Å². The molecule has 230 valence electrons. The molecule has 9 rings (SSSR count). The molecule has 0 radical (unpaired) electrons. The molecule has 6 aromatic rings. The van der Waals surface area contributed by atoms with Gasteiger partial charge in [-0.25, -0.2) is 0 Å². The van der Waals surface area contributed by atoms with E-state index in [2.05, 4.69) is 163 Å². The van der Waals surface area contributed by atoms with Crippen LogP contribution in [0, 0.1) is 0 Å². The van der Waals surface area contributed by atoms with Crippen molar-refractivity contribution in [2.75, 3.05) is 0 Å². The second-order valence-corrected chi connectivity index (χ2v) is 16.2. The molecule has 0 amide bonds. The maximum atomic E-state index is 2.57. The molecule has 0 bridgehead atoms. The third-order valence-electron chi connectivity index (χ3n) is 11.3. The van der Waals surface area contributed by atoms with Crippen LogP contribution in [0.25, 0.3) is 33.4 Å². The Morgan fingerprint density at radius 1 is 0.383 bits per heavy atom. The lowest BCUT2D eigenvalue weighted by atomic mass is 9.66. The molecule has 47 heavy (non-hydrogen) atoms. The van der Waals surface area contributed by atoms with Crippen LogP contribution >= 0.6 is 0 Å². The van der Waals surface area contributed by atoms with Gasteiger partial charge in [-0.1, -0.05) is 139 Å². The van der Waals surface area contributed by atoms with Gasteiger partial charge in [0.05, 0.1) is 5.41 Å². The number of rotatable bonds is 2. The Morgan fingerprint density at radius 3 is 1.15 bits per heavy atom. The first-order valence-electron chi connectivity index (χ1n) is 17.3. The molecule has 0 unspecified atom stereocenters. The van der Waals surface area contributed by atoms with Gasteiger partial charge in [0, 0.05) is 0 Å². The van der Waals surface area contributed by atoms with E-state index in [0.29, 0.717) is 0 Å². The summed E-state index contributed by atoms with van der Waals surface area (Å²) in [4.78, 5) is 0. The van der Waals surface area contributed by atoms with Crippen molar-refractivity contribution >= 4 is 0 Å². The van der Waals surface area contributed by atoms with Crippen molar-refractivity contribution in [3.8, 4) is 33.4 Å². The van der Waals surface area contributed by atoms with Gasteiger partial charge in [0.25, 0.3) is 0 Å². The number of hydrogen-bond donors (Lipinski definition) is 0. The highest BCUT2D eigenvalue weighted by atomic mass is 14.5. The fourth-order valence-electron chi connectivity index (χ4n) is 8.81. The molecule has 0 spiro atoms. The molecule has 0 saturated carbocycles. The maximum Gasteiger partial charge on any atom is 0.0714 e. The quantitative estimate of drug-likeness (QED) is 0.184. The number of hydrogen-bond acceptors (Lipinski definition) is 0. The van der Waals surface area contributed by atoms with E-state index in [1.807, 2.05) is 0 Å². The summed E-state index contributed by atoms with van der Waals surface area (Å²) in [7, 11) is 0. The van der Waals surface area contributed by atoms with E-state index in [4.69, 9.17) is 0 Å². The first kappa shape index (κ1) is 28.5. The molecule has 6 aromatic carbocycles. The van der Waals surface area contributed by atoms with Crippen molar-refractivity contribution in [2.24, 2.45) is 0 Å². The highest BCUT2D eigenvalue weighted by molar-refractivity contribution is 5.94. The van der Waals surface area contributed by atoms with E-state index in [1.165, 1.54) is 89.0 Å². The Labute approximate surface area is 280 Å². The van der Waals surface area contributed by atoms with Gasteiger partial charge in [0.15, 0.2) is 0 Å². The monoisotopic (exact) mass is 606 g/mol. The normalized spacial score (nSPS) is 15.0. The molecule has 0 aromatic heterocycles. The zero-order valence-electron chi connectivity index (χ0n) is 28.5. The lowest BCUT2D eigenvalue weighted by molar-refractivity contribution is 0.588. The highest BCUT2D eigenvalue weighted by Gasteiger charge is 2.48. The molecule has 0 heteroatoms. The summed E-state index contributed by atoms with van der Waals surface area (Å²) < 4.78 is 0. The highest BCUT2D eigenvalue weighted by Crippen LogP contribution is 2.60. The van der Waals surface area contributed by atoms with Crippen LogP contribution < -0.4 is 0 Å². The fourth-order valence-corrected chi connectivity index (χ4v) is 8.81. The van der Waals surface area contributed by atoms with Gasteiger partial charge >= 0.3 is 0 Å². The van der Waals surface area contributed by atoms with Gasteiger partial charge < -0.3 is 0 Å². The molecule has 3 aliphatic rings. The van der Waals surface area contributed by atoms with Gasteiger partial charge in [-0.2, -0.15) is 0 Å². The molecule has 0 heterocycles. The molecular formula is C47H42. The van der Waals surface area contributed by atoms with Gasteiger partial charge in [-0.05, 0) is 137 Å². The first-order chi connectivity index (χ1) is 22.5. The standard InChI is InChI=1S/C47H42/c1-45(2,3)33-15-19-35(20-16-33)47(36-21-17-34(18-22-36)46(4,5)6)43-27-39-31(23-29-11-7-9-13-37(29)39)25-41(43)42-26-32-24-30-12-8-10-14-38(30)40(32)28-44(42)47/h7-22,25-28H,23-24H2,1-6H3. The minimum atomic E-state index is -0.448. The molecule has 0 nitrogen and oxygen atoms in total. The lowest BCUT2D eigenvalue weighted by Crippen LogP contribution is -2.29. The zero-order chi connectivity index (χ0) is 32.3. The Hall–Kier alpha value is -4.68. The topological polar surface area (TPSA) is 0 Å². The summed E-state index contributed by atoms with van der Waals surface area (Å²) in [5.74, 6) is 0. The largest absolute Gasteiger partial charge is 0.0714 e. The lowest BCUT2D eigenvalue weighted by Gasteiger charge is -2.35. The van der Waals surface area contributed by atoms with Crippen molar-refractivity contribution in [2.45, 2.75) is 70.6 Å². The van der Waals surface area contributed by atoms with Gasteiger partial charge in [-0.3, -0.25) is 0 Å². The Morgan fingerprint density at radius 2 is 0.766 bits per heavy atom. The van der Waals surface area contributed by atoms with Crippen LogP contribution in [-0.4, -0.2) is 0 Å². The van der Waals surface area contributed by atoms with Crippen molar-refractivity contribution in [3.05, 3.63) is 177 Å². The van der Waals surface area contributed by atoms with Crippen LogP contribution in [0.5, 0.6) is 0 Å². The molecule has 3 aliphatic carbocycles. The molecule has 0 N–H and O–H groups in total. The molecular weight excluding hydrogens is 565 g/mol. The Balaban J connectivity index is 1.39. The maximum absolute atomic E-state index is 2.57. The summed E-state index contributed by atoms with van der Waals surface area (Å²) in [6.07, 6.45) is 2.00. The predicted molar refractivity (Wildman–Crippen MR) is 198 cm³/mol. The molecule has 0 aliphatic heterocycles. The van der Waals surface area contributed by atoms with Crippen LogP contribution in [0.3, 0.4) is 0 Å². The molecule has 0 atom stereocenters. The predicted octanol–water partition coefficient (Wildman–Crippen LogP) is 11.8. The average Bonchev–Trinajstić information content (AvgIpc) is 3.69. The van der Waals surface area contributed by atoms with Gasteiger partial charge in [-0.15, -0.1) is 0 Å². The first-order valence-corrected chi connectivity index (χ1v) is 17.3. The smallest absolute Gasteiger partial charge is 0.0619 e. The summed E-state index contributed by atoms with van der Waals surface area (Å²) >= 11 is 0. The summed E-state index contributed by atoms with van der Waals surface area (Å²) in [6, 6.07) is 47.5. The third kappa shape index (κ3) is 4.07. The van der Waals surface area contributed by atoms with E-state index in [1.54, 1.807) is 0 Å². The zero-order valence-corrected chi connectivity index (χ0v) is 28.5. The van der Waals surface area contributed by atoms with Gasteiger partial charge in [0.1, 0.15) is 0 Å². The van der Waals surface area contributed by atoms with Gasteiger partial charge in [0.2, 0.25) is 0 Å². The number of benzene rings is 6. The van der Waals surface area contributed by atoms with Crippen molar-refractivity contribution in [1.29, 1.82) is 0 Å². The average molecular weight is 607 g/mol. The number of fused-ring (bicyclic) bond motifs is 9. The molecule has 0 fully saturated rings. The summed E-state index contributed by atoms with van der Waals surface area (Å²) in [6.45, 7) is 13.9. The van der Waals surface area contributed by atoms with E-state index in [0.717, 1.165) is 12.8 Å². The van der Waals surface area contributed by atoms with Crippen molar-refractivity contribution < 1.29 is 0 Å². The van der Waals surface area contributed by atoms with E-state index in [9.17, 15) is 0 Å². The van der Waals surface area contributed by atoms with E-state index < -0.39 is 5.41 Å². The Bertz CT molecular complexity index is 2070. The SMILES string of the molecule is CC(C)(C)c1ccc(C2(c3ccc(C(C)(C)C)cc3)c3cc4c(cc3-c3cc5c(cc32)-c2ccccc2C5)Cc2ccccc2-4)cc1. The minimum absolute atomic E-state index is 0.0839. The van der Waals surface area contributed by atoms with Crippen molar-refractivity contribution in [3.63, 3.8) is 0 Å². The second-order valence-electron chi connectivity index (χ2n) is 16.2. The van der Waals surface area contributed by atoms with Crippen LogP contribution in [0.2, 0.25) is 0 Å². The fraction of sp³-hybridized carbons (Fsp3) is 0.234. The second kappa shape index (κ2) is 9.68. The minimum Gasteiger partial charge on any atom is -0.0619 e. The van der Waals surface area contributed by atoms with Crippen LogP contribution in [-0.2, 0) is 29.1 Å². The van der Waals surface area contributed by atoms with Crippen molar-refractivity contribution in [1.82, 2.24) is 0 Å². The van der Waals surface area contributed by atoms with E-state index in [-0.39, 0.29) is 10.8 Å². The van der Waals surface area contributed by atoms with Crippen LogP contribution in [0.1, 0.15) is 97.2 Å². The summed E-state index contributed by atoms with van der Waals surface area (Å²) in [5.41, 5.74) is 22.1. The summed E-state index contributed by atoms with van der Waals surface area (Å²) in [5, 5.41) is 0. The van der Waals surface area contributed by atoms with E-state index >= 15 is 0 Å². The Kier molecular flexibility index (Phi) is 5.87.